The maximum Gasteiger partial charge on any atom is 0.307 e. The molecule has 0 amide bonds. The molecular weight excluding hydrogens is 212 g/mol. The Bertz CT molecular complexity index is 413. The van der Waals surface area contributed by atoms with Gasteiger partial charge in [-0.15, -0.1) is 0 Å². The van der Waals surface area contributed by atoms with Crippen LogP contribution >= 0.6 is 0 Å². The second kappa shape index (κ2) is 4.40. The Morgan fingerprint density at radius 2 is 2.31 bits per heavy atom. The summed E-state index contributed by atoms with van der Waals surface area (Å²) in [5, 5.41) is 8.80. The fraction of sp³-hybridized carbons (Fsp3) is 0.364. The number of hydrogen-bond donors (Lipinski definition) is 1. The summed E-state index contributed by atoms with van der Waals surface area (Å²) < 4.78 is 15.6. The number of ether oxygens (including phenoxy) is 3. The highest BCUT2D eigenvalue weighted by molar-refractivity contribution is 5.71. The zero-order chi connectivity index (χ0) is 11.5. The highest BCUT2D eigenvalue weighted by Gasteiger charge is 2.21. The maximum absolute atomic E-state index is 10.7. The topological polar surface area (TPSA) is 65.0 Å². The lowest BCUT2D eigenvalue weighted by Gasteiger charge is -2.10. The predicted octanol–water partition coefficient (Wildman–Crippen LogP) is 1.19. The molecule has 5 heteroatoms. The van der Waals surface area contributed by atoms with Crippen LogP contribution in [0.2, 0.25) is 0 Å². The molecule has 5 nitrogen and oxygen atoms in total. The molecule has 2 rings (SSSR count). The minimum atomic E-state index is -0.879. The van der Waals surface area contributed by atoms with E-state index >= 15 is 0 Å². The van der Waals surface area contributed by atoms with Crippen LogP contribution in [0.5, 0.6) is 11.5 Å². The summed E-state index contributed by atoms with van der Waals surface area (Å²) in [6, 6.07) is 3.45. The quantitative estimate of drug-likeness (QED) is 0.832. The Labute approximate surface area is 92.5 Å². The fourth-order valence-corrected chi connectivity index (χ4v) is 1.70. The molecule has 1 N–H and O–H groups in total. The number of hydrogen-bond acceptors (Lipinski definition) is 4. The number of carboxylic acids is 1. The second-order valence-corrected chi connectivity index (χ2v) is 3.44. The van der Waals surface area contributed by atoms with Crippen molar-refractivity contribution in [2.75, 3.05) is 13.9 Å². The maximum atomic E-state index is 10.7. The Kier molecular flexibility index (Phi) is 2.96. The molecule has 1 aliphatic heterocycles. The minimum Gasteiger partial charge on any atom is -0.481 e. The number of benzene rings is 1. The third kappa shape index (κ3) is 1.94. The van der Waals surface area contributed by atoms with Crippen LogP contribution < -0.4 is 9.47 Å². The number of carbonyl (C=O) groups is 1. The number of methoxy groups -OCH3 is 1. The van der Waals surface area contributed by atoms with E-state index < -0.39 is 5.97 Å². The zero-order valence-electron chi connectivity index (χ0n) is 8.86. The molecule has 0 spiro atoms. The van der Waals surface area contributed by atoms with Crippen molar-refractivity contribution < 1.29 is 24.1 Å². The van der Waals surface area contributed by atoms with Gasteiger partial charge in [0.05, 0.1) is 13.0 Å². The van der Waals surface area contributed by atoms with Gasteiger partial charge >= 0.3 is 5.97 Å². The van der Waals surface area contributed by atoms with Crippen LogP contribution in [0.1, 0.15) is 11.1 Å². The third-order valence-electron chi connectivity index (χ3n) is 2.37. The number of fused-ring (bicyclic) bond motifs is 1. The van der Waals surface area contributed by atoms with Gasteiger partial charge in [0.15, 0.2) is 11.5 Å². The van der Waals surface area contributed by atoms with Gasteiger partial charge in [0.2, 0.25) is 6.79 Å². The van der Waals surface area contributed by atoms with E-state index in [1.54, 1.807) is 19.2 Å². The molecule has 0 fully saturated rings. The monoisotopic (exact) mass is 224 g/mol. The summed E-state index contributed by atoms with van der Waals surface area (Å²) >= 11 is 0. The summed E-state index contributed by atoms with van der Waals surface area (Å²) in [5.41, 5.74) is 1.44. The van der Waals surface area contributed by atoms with Crippen molar-refractivity contribution in [1.29, 1.82) is 0 Å². The lowest BCUT2D eigenvalue weighted by Crippen LogP contribution is -2.05. The van der Waals surface area contributed by atoms with Crippen LogP contribution in [0.15, 0.2) is 12.1 Å². The Balaban J connectivity index is 2.40. The number of carboxylic acid groups (broad SMARTS) is 1. The summed E-state index contributed by atoms with van der Waals surface area (Å²) in [6.07, 6.45) is -0.0463. The molecule has 0 saturated heterocycles. The first-order valence-electron chi connectivity index (χ1n) is 4.83. The van der Waals surface area contributed by atoms with E-state index in [-0.39, 0.29) is 13.2 Å². The van der Waals surface area contributed by atoms with Gasteiger partial charge < -0.3 is 19.3 Å². The summed E-state index contributed by atoms with van der Waals surface area (Å²) in [7, 11) is 1.56. The molecule has 0 bridgehead atoms. The molecule has 1 aromatic rings. The first-order chi connectivity index (χ1) is 7.72. The molecule has 0 unspecified atom stereocenters. The lowest BCUT2D eigenvalue weighted by atomic mass is 10.0. The van der Waals surface area contributed by atoms with Gasteiger partial charge in [0, 0.05) is 12.7 Å². The van der Waals surface area contributed by atoms with Crippen molar-refractivity contribution in [2.45, 2.75) is 13.0 Å². The molecule has 0 aliphatic carbocycles. The number of aliphatic carboxylic acids is 1. The van der Waals surface area contributed by atoms with E-state index in [1.807, 2.05) is 0 Å². The van der Waals surface area contributed by atoms with Gasteiger partial charge in [-0.1, -0.05) is 6.07 Å². The first-order valence-corrected chi connectivity index (χ1v) is 4.83. The van der Waals surface area contributed by atoms with Crippen molar-refractivity contribution in [1.82, 2.24) is 0 Å². The molecule has 0 atom stereocenters. The minimum absolute atomic E-state index is 0.0463. The largest absolute Gasteiger partial charge is 0.481 e. The molecule has 0 saturated carbocycles. The van der Waals surface area contributed by atoms with E-state index in [9.17, 15) is 4.79 Å². The average Bonchev–Trinajstić information content (AvgIpc) is 2.69. The van der Waals surface area contributed by atoms with Gasteiger partial charge in [-0.25, -0.2) is 0 Å². The zero-order valence-corrected chi connectivity index (χ0v) is 8.86. The van der Waals surface area contributed by atoms with E-state index in [2.05, 4.69) is 0 Å². The van der Waals surface area contributed by atoms with Gasteiger partial charge in [-0.3, -0.25) is 4.79 Å². The van der Waals surface area contributed by atoms with Crippen LogP contribution in [0.4, 0.5) is 0 Å². The van der Waals surface area contributed by atoms with Gasteiger partial charge in [0.1, 0.15) is 0 Å². The van der Waals surface area contributed by atoms with Crippen molar-refractivity contribution in [2.24, 2.45) is 0 Å². The molecule has 16 heavy (non-hydrogen) atoms. The van der Waals surface area contributed by atoms with E-state index in [0.717, 1.165) is 5.56 Å². The van der Waals surface area contributed by atoms with E-state index in [4.69, 9.17) is 19.3 Å². The highest BCUT2D eigenvalue weighted by atomic mass is 16.7. The van der Waals surface area contributed by atoms with Crippen LogP contribution in [-0.2, 0) is 22.6 Å². The fourth-order valence-electron chi connectivity index (χ4n) is 1.70. The van der Waals surface area contributed by atoms with E-state index in [1.165, 1.54) is 0 Å². The van der Waals surface area contributed by atoms with Gasteiger partial charge in [0.25, 0.3) is 0 Å². The summed E-state index contributed by atoms with van der Waals surface area (Å²) in [4.78, 5) is 10.7. The van der Waals surface area contributed by atoms with Crippen LogP contribution in [-0.4, -0.2) is 25.0 Å². The highest BCUT2D eigenvalue weighted by Crippen LogP contribution is 2.38. The molecular formula is C11H12O5. The normalized spacial score (nSPS) is 12.8. The first kappa shape index (κ1) is 10.8. The van der Waals surface area contributed by atoms with Gasteiger partial charge in [-0.2, -0.15) is 0 Å². The van der Waals surface area contributed by atoms with Crippen molar-refractivity contribution in [3.05, 3.63) is 23.3 Å². The average molecular weight is 224 g/mol. The summed E-state index contributed by atoms with van der Waals surface area (Å²) in [6.45, 7) is 0.484. The molecule has 86 valence electrons. The van der Waals surface area contributed by atoms with Crippen molar-refractivity contribution >= 4 is 5.97 Å². The predicted molar refractivity (Wildman–Crippen MR) is 54.6 cm³/mol. The molecule has 0 aromatic heterocycles. The second-order valence-electron chi connectivity index (χ2n) is 3.44. The van der Waals surface area contributed by atoms with Crippen molar-refractivity contribution in [3.63, 3.8) is 0 Å². The molecule has 1 aliphatic rings. The summed E-state index contributed by atoms with van der Waals surface area (Å²) in [5.74, 6) is 0.359. The smallest absolute Gasteiger partial charge is 0.307 e. The SMILES string of the molecule is COCc1c(CC(=O)O)ccc2c1OCO2. The van der Waals surface area contributed by atoms with Crippen LogP contribution in [0, 0.1) is 0 Å². The van der Waals surface area contributed by atoms with E-state index in [0.29, 0.717) is 23.7 Å². The third-order valence-corrected chi connectivity index (χ3v) is 2.37. The van der Waals surface area contributed by atoms with Crippen LogP contribution in [0.25, 0.3) is 0 Å². The standard InChI is InChI=1S/C11H12O5/c1-14-5-8-7(4-10(12)13)2-3-9-11(8)16-6-15-9/h2-3H,4-6H2,1H3,(H,12,13). The molecule has 1 heterocycles. The van der Waals surface area contributed by atoms with Gasteiger partial charge in [-0.05, 0) is 11.6 Å². The molecule has 1 aromatic carbocycles. The Hall–Kier alpha value is -1.75. The lowest BCUT2D eigenvalue weighted by molar-refractivity contribution is -0.136. The van der Waals surface area contributed by atoms with Crippen LogP contribution in [0.3, 0.4) is 0 Å². The Morgan fingerprint density at radius 3 is 3.00 bits per heavy atom. The number of rotatable bonds is 4. The Morgan fingerprint density at radius 1 is 1.50 bits per heavy atom. The molecule has 0 radical (unpaired) electrons. The van der Waals surface area contributed by atoms with Crippen molar-refractivity contribution in [3.8, 4) is 11.5 Å².